The Morgan fingerprint density at radius 2 is 2.14 bits per heavy atom. The molecule has 2 heterocycles. The molecule has 0 atom stereocenters. The summed E-state index contributed by atoms with van der Waals surface area (Å²) in [5.41, 5.74) is 1.38. The van der Waals surface area contributed by atoms with Crippen LogP contribution in [0, 0.1) is 0 Å². The number of thiocarbonyl (C=S) groups is 1. The highest BCUT2D eigenvalue weighted by Gasteiger charge is 2.15. The van der Waals surface area contributed by atoms with E-state index in [1.165, 1.54) is 0 Å². The van der Waals surface area contributed by atoms with E-state index in [1.54, 1.807) is 7.11 Å². The first-order valence-electron chi connectivity index (χ1n) is 10.1. The Kier molecular flexibility index (Phi) is 7.85. The number of ether oxygens (including phenoxy) is 2. The lowest BCUT2D eigenvalue weighted by Crippen LogP contribution is -2.42. The van der Waals surface area contributed by atoms with Crippen LogP contribution >= 0.6 is 12.2 Å². The second-order valence-electron chi connectivity index (χ2n) is 7.14. The minimum Gasteiger partial charge on any atom is -0.497 e. The number of rotatable bonds is 8. The van der Waals surface area contributed by atoms with E-state index in [4.69, 9.17) is 21.7 Å². The van der Waals surface area contributed by atoms with Crippen molar-refractivity contribution >= 4 is 28.2 Å². The number of hydrogen-bond donors (Lipinski definition) is 2. The highest BCUT2D eigenvalue weighted by molar-refractivity contribution is 7.80. The molecule has 1 aliphatic rings. The number of hydrogen-bond acceptors (Lipinski definition) is 5. The lowest BCUT2D eigenvalue weighted by Gasteiger charge is -2.29. The van der Waals surface area contributed by atoms with Crippen LogP contribution in [0.4, 0.5) is 0 Å². The van der Waals surface area contributed by atoms with Gasteiger partial charge in [0.2, 0.25) is 0 Å². The number of pyridine rings is 1. The molecule has 1 fully saturated rings. The molecule has 2 aromatic rings. The fourth-order valence-electron chi connectivity index (χ4n) is 3.50. The van der Waals surface area contributed by atoms with Gasteiger partial charge >= 0.3 is 0 Å². The van der Waals surface area contributed by atoms with Crippen molar-refractivity contribution in [3.8, 4) is 5.75 Å². The molecule has 0 amide bonds. The molecule has 0 saturated carbocycles. The van der Waals surface area contributed by atoms with Crippen LogP contribution in [0.3, 0.4) is 0 Å². The van der Waals surface area contributed by atoms with Gasteiger partial charge in [-0.1, -0.05) is 0 Å². The van der Waals surface area contributed by atoms with E-state index in [1.807, 2.05) is 31.2 Å². The van der Waals surface area contributed by atoms with Crippen molar-refractivity contribution in [1.29, 1.82) is 0 Å². The second-order valence-corrected chi connectivity index (χ2v) is 7.53. The molecule has 1 aromatic carbocycles. The van der Waals surface area contributed by atoms with Crippen LogP contribution in [0.2, 0.25) is 0 Å². The van der Waals surface area contributed by atoms with Crippen LogP contribution in [0.15, 0.2) is 29.1 Å². The van der Waals surface area contributed by atoms with Crippen molar-refractivity contribution in [3.63, 3.8) is 0 Å². The van der Waals surface area contributed by atoms with Gasteiger partial charge in [0.1, 0.15) is 5.75 Å². The van der Waals surface area contributed by atoms with Crippen LogP contribution in [0.1, 0.15) is 18.9 Å². The zero-order valence-corrected chi connectivity index (χ0v) is 18.0. The number of aromatic nitrogens is 1. The molecular formula is C21H30N4O3S. The van der Waals surface area contributed by atoms with Crippen molar-refractivity contribution < 1.29 is 9.47 Å². The summed E-state index contributed by atoms with van der Waals surface area (Å²) in [6.45, 7) is 8.61. The molecule has 29 heavy (non-hydrogen) atoms. The Hall–Kier alpha value is -2.16. The number of H-pyrrole nitrogens is 1. The number of nitrogens with zero attached hydrogens (tertiary/aromatic N) is 2. The number of methoxy groups -OCH3 is 1. The lowest BCUT2D eigenvalue weighted by atomic mass is 10.1. The quantitative estimate of drug-likeness (QED) is 0.635. The van der Waals surface area contributed by atoms with Gasteiger partial charge in [-0.2, -0.15) is 0 Å². The molecule has 0 aliphatic carbocycles. The summed E-state index contributed by atoms with van der Waals surface area (Å²) in [4.78, 5) is 20.1. The summed E-state index contributed by atoms with van der Waals surface area (Å²) >= 11 is 5.57. The first-order chi connectivity index (χ1) is 14.1. The zero-order chi connectivity index (χ0) is 20.6. The fourth-order valence-corrected chi connectivity index (χ4v) is 3.80. The molecule has 1 aromatic heterocycles. The highest BCUT2D eigenvalue weighted by Crippen LogP contribution is 2.19. The molecule has 0 spiro atoms. The SMILES string of the molecule is CCNC(=S)N(CCCN1CCOCC1)Cc1cc2ccc(OC)cc2[nH]c1=O. The summed E-state index contributed by atoms with van der Waals surface area (Å²) in [6, 6.07) is 7.63. The molecule has 2 N–H and O–H groups in total. The van der Waals surface area contributed by atoms with E-state index in [0.717, 1.165) is 69.0 Å². The molecular weight excluding hydrogens is 388 g/mol. The smallest absolute Gasteiger partial charge is 0.253 e. The van der Waals surface area contributed by atoms with Gasteiger partial charge in [-0.25, -0.2) is 0 Å². The first-order valence-corrected chi connectivity index (χ1v) is 10.5. The predicted molar refractivity (Wildman–Crippen MR) is 120 cm³/mol. The number of morpholine rings is 1. The predicted octanol–water partition coefficient (Wildman–Crippen LogP) is 1.96. The number of nitrogens with one attached hydrogen (secondary N) is 2. The van der Waals surface area contributed by atoms with E-state index < -0.39 is 0 Å². The van der Waals surface area contributed by atoms with Gasteiger partial charge in [0, 0.05) is 44.4 Å². The average Bonchev–Trinajstić information content (AvgIpc) is 2.74. The zero-order valence-electron chi connectivity index (χ0n) is 17.2. The third-order valence-electron chi connectivity index (χ3n) is 5.11. The second kappa shape index (κ2) is 10.6. The van der Waals surface area contributed by atoms with E-state index in [0.29, 0.717) is 17.2 Å². The largest absolute Gasteiger partial charge is 0.497 e. The minimum absolute atomic E-state index is 0.0942. The normalized spacial score (nSPS) is 14.7. The van der Waals surface area contributed by atoms with Gasteiger partial charge in [-0.15, -0.1) is 0 Å². The third kappa shape index (κ3) is 5.91. The van der Waals surface area contributed by atoms with Gasteiger partial charge in [0.25, 0.3) is 5.56 Å². The van der Waals surface area contributed by atoms with Crippen LogP contribution in [0.5, 0.6) is 5.75 Å². The molecule has 158 valence electrons. The van der Waals surface area contributed by atoms with Gasteiger partial charge in [0.05, 0.1) is 32.4 Å². The first kappa shape index (κ1) is 21.5. The van der Waals surface area contributed by atoms with Crippen molar-refractivity contribution in [2.45, 2.75) is 19.9 Å². The van der Waals surface area contributed by atoms with Crippen molar-refractivity contribution in [1.82, 2.24) is 20.1 Å². The topological polar surface area (TPSA) is 69.8 Å². The third-order valence-corrected chi connectivity index (χ3v) is 5.52. The molecule has 8 heteroatoms. The Balaban J connectivity index is 1.71. The van der Waals surface area contributed by atoms with E-state index in [2.05, 4.69) is 20.1 Å². The van der Waals surface area contributed by atoms with Crippen LogP contribution in [0.25, 0.3) is 10.9 Å². The Bertz CT molecular complexity index is 880. The van der Waals surface area contributed by atoms with Crippen molar-refractivity contribution in [3.05, 3.63) is 40.2 Å². The van der Waals surface area contributed by atoms with Crippen molar-refractivity contribution in [2.75, 3.05) is 53.0 Å². The maximum Gasteiger partial charge on any atom is 0.253 e. The van der Waals surface area contributed by atoms with Gasteiger partial charge < -0.3 is 24.7 Å². The molecule has 0 unspecified atom stereocenters. The van der Waals surface area contributed by atoms with Gasteiger partial charge in [-0.05, 0) is 49.1 Å². The molecule has 0 radical (unpaired) electrons. The lowest BCUT2D eigenvalue weighted by molar-refractivity contribution is 0.0367. The standard InChI is InChI=1S/C21H30N4O3S/c1-3-22-21(29)25(8-4-7-24-9-11-28-12-10-24)15-17-13-16-5-6-18(27-2)14-19(16)23-20(17)26/h5-6,13-14H,3-4,7-12,15H2,1-2H3,(H,22,29)(H,23,26). The van der Waals surface area contributed by atoms with Gasteiger partial charge in [0.15, 0.2) is 5.11 Å². The summed E-state index contributed by atoms with van der Waals surface area (Å²) in [5, 5.41) is 4.88. The van der Waals surface area contributed by atoms with E-state index in [9.17, 15) is 4.79 Å². The Morgan fingerprint density at radius 1 is 1.34 bits per heavy atom. The molecule has 1 aliphatic heterocycles. The van der Waals surface area contributed by atoms with Crippen LogP contribution in [-0.4, -0.2) is 72.9 Å². The monoisotopic (exact) mass is 418 g/mol. The highest BCUT2D eigenvalue weighted by atomic mass is 32.1. The molecule has 7 nitrogen and oxygen atoms in total. The molecule has 1 saturated heterocycles. The summed E-state index contributed by atoms with van der Waals surface area (Å²) in [6.07, 6.45) is 0.980. The maximum absolute atomic E-state index is 12.7. The summed E-state index contributed by atoms with van der Waals surface area (Å²) < 4.78 is 10.7. The number of benzene rings is 1. The number of aromatic amines is 1. The molecule has 3 rings (SSSR count). The Labute approximate surface area is 177 Å². The average molecular weight is 419 g/mol. The van der Waals surface area contributed by atoms with E-state index in [-0.39, 0.29) is 5.56 Å². The maximum atomic E-state index is 12.7. The van der Waals surface area contributed by atoms with Crippen molar-refractivity contribution in [2.24, 2.45) is 0 Å². The summed E-state index contributed by atoms with van der Waals surface area (Å²) in [5.74, 6) is 0.721. The molecule has 0 bridgehead atoms. The minimum atomic E-state index is -0.0942. The fraction of sp³-hybridized carbons (Fsp3) is 0.524. The van der Waals surface area contributed by atoms with E-state index >= 15 is 0 Å². The van der Waals surface area contributed by atoms with Crippen LogP contribution in [-0.2, 0) is 11.3 Å². The van der Waals surface area contributed by atoms with Crippen LogP contribution < -0.4 is 15.6 Å². The summed E-state index contributed by atoms with van der Waals surface area (Å²) in [7, 11) is 1.62. The Morgan fingerprint density at radius 3 is 2.86 bits per heavy atom. The number of fused-ring (bicyclic) bond motifs is 1. The van der Waals surface area contributed by atoms with Gasteiger partial charge in [-0.3, -0.25) is 9.69 Å².